The molecule has 5 nitrogen and oxygen atoms in total. The standard InChI is InChI=1S/C28H27N5/c1-33(2)20-14-12-19(13-15-20)26-27-22(21-10-6-7-11-23(21)30-27)16-24(31-26)28-29-17-25(32-28)18-8-4-3-5-9-18/h3-15,17,24,26,30-31H,16H2,1-2H3,(H,29,32)/t24-,26?/m0/s1. The first-order chi connectivity index (χ1) is 16.2. The maximum Gasteiger partial charge on any atom is 0.124 e. The summed E-state index contributed by atoms with van der Waals surface area (Å²) in [6.45, 7) is 0. The summed E-state index contributed by atoms with van der Waals surface area (Å²) < 4.78 is 0. The second-order valence-corrected chi connectivity index (χ2v) is 8.95. The van der Waals surface area contributed by atoms with Gasteiger partial charge in [-0.1, -0.05) is 60.7 Å². The molecule has 3 heterocycles. The number of imidazole rings is 1. The second kappa shape index (κ2) is 7.94. The summed E-state index contributed by atoms with van der Waals surface area (Å²) in [6.07, 6.45) is 2.82. The van der Waals surface area contributed by atoms with E-state index in [2.05, 4.69) is 107 Å². The van der Waals surface area contributed by atoms with Gasteiger partial charge in [-0.05, 0) is 41.3 Å². The summed E-state index contributed by atoms with van der Waals surface area (Å²) in [5.41, 5.74) is 8.44. The van der Waals surface area contributed by atoms with Crippen LogP contribution in [0.3, 0.4) is 0 Å². The van der Waals surface area contributed by atoms with Crippen LogP contribution >= 0.6 is 0 Å². The number of nitrogens with one attached hydrogen (secondary N) is 3. The molecule has 1 unspecified atom stereocenters. The van der Waals surface area contributed by atoms with Crippen LogP contribution in [0.1, 0.15) is 34.7 Å². The van der Waals surface area contributed by atoms with Crippen molar-refractivity contribution in [2.24, 2.45) is 0 Å². The van der Waals surface area contributed by atoms with Gasteiger partial charge >= 0.3 is 0 Å². The number of hydrogen-bond acceptors (Lipinski definition) is 3. The average Bonchev–Trinajstić information content (AvgIpc) is 3.49. The van der Waals surface area contributed by atoms with Gasteiger partial charge in [0.05, 0.1) is 24.0 Å². The van der Waals surface area contributed by atoms with Crippen LogP contribution in [0, 0.1) is 0 Å². The molecule has 5 heteroatoms. The highest BCUT2D eigenvalue weighted by Gasteiger charge is 2.32. The molecule has 0 fully saturated rings. The largest absolute Gasteiger partial charge is 0.378 e. The minimum Gasteiger partial charge on any atom is -0.378 e. The SMILES string of the molecule is CN(C)c1ccc(C2N[C@H](c3ncc(-c4ccccc4)[nH]3)Cc3c2[nH]c2ccccc32)cc1. The normalized spacial score (nSPS) is 17.8. The number of aromatic nitrogens is 3. The summed E-state index contributed by atoms with van der Waals surface area (Å²) in [5.74, 6) is 0.972. The van der Waals surface area contributed by atoms with Crippen molar-refractivity contribution >= 4 is 16.6 Å². The third-order valence-corrected chi connectivity index (χ3v) is 6.66. The van der Waals surface area contributed by atoms with Crippen LogP contribution < -0.4 is 10.2 Å². The highest BCUT2D eigenvalue weighted by atomic mass is 15.1. The molecule has 2 atom stereocenters. The van der Waals surface area contributed by atoms with E-state index in [1.54, 1.807) is 0 Å². The number of benzene rings is 3. The zero-order valence-electron chi connectivity index (χ0n) is 18.8. The number of nitrogens with zero attached hydrogens (tertiary/aromatic N) is 2. The van der Waals surface area contributed by atoms with Crippen molar-refractivity contribution in [3.05, 3.63) is 108 Å². The summed E-state index contributed by atoms with van der Waals surface area (Å²) >= 11 is 0. The minimum absolute atomic E-state index is 0.0626. The maximum absolute atomic E-state index is 4.78. The molecule has 0 amide bonds. The van der Waals surface area contributed by atoms with Gasteiger partial charge in [-0.2, -0.15) is 0 Å². The van der Waals surface area contributed by atoms with Gasteiger partial charge in [-0.15, -0.1) is 0 Å². The first-order valence-corrected chi connectivity index (χ1v) is 11.4. The van der Waals surface area contributed by atoms with Crippen LogP contribution in [0.2, 0.25) is 0 Å². The Morgan fingerprint density at radius 3 is 2.39 bits per heavy atom. The van der Waals surface area contributed by atoms with Gasteiger partial charge in [0, 0.05) is 36.4 Å². The Labute approximate surface area is 193 Å². The zero-order chi connectivity index (χ0) is 22.4. The summed E-state index contributed by atoms with van der Waals surface area (Å²) in [7, 11) is 4.14. The molecule has 33 heavy (non-hydrogen) atoms. The number of fused-ring (bicyclic) bond motifs is 3. The average molecular weight is 434 g/mol. The quantitative estimate of drug-likeness (QED) is 0.346. The van der Waals surface area contributed by atoms with Crippen molar-refractivity contribution in [2.45, 2.75) is 18.5 Å². The highest BCUT2D eigenvalue weighted by Crippen LogP contribution is 2.39. The first-order valence-electron chi connectivity index (χ1n) is 11.4. The molecule has 3 N–H and O–H groups in total. The van der Waals surface area contributed by atoms with E-state index in [0.717, 1.165) is 23.5 Å². The van der Waals surface area contributed by atoms with Gasteiger partial charge in [-0.25, -0.2) is 4.98 Å². The van der Waals surface area contributed by atoms with Crippen LogP contribution in [0.4, 0.5) is 5.69 Å². The number of H-pyrrole nitrogens is 2. The summed E-state index contributed by atoms with van der Waals surface area (Å²) in [4.78, 5) is 14.2. The van der Waals surface area contributed by atoms with Crippen molar-refractivity contribution in [3.8, 4) is 11.3 Å². The lowest BCUT2D eigenvalue weighted by atomic mass is 9.90. The van der Waals surface area contributed by atoms with Gasteiger partial charge < -0.3 is 14.9 Å². The van der Waals surface area contributed by atoms with Gasteiger partial charge in [0.1, 0.15) is 5.82 Å². The number of rotatable bonds is 4. The molecule has 1 aliphatic rings. The zero-order valence-corrected chi connectivity index (χ0v) is 18.8. The van der Waals surface area contributed by atoms with Crippen LogP contribution in [0.5, 0.6) is 0 Å². The molecule has 3 aromatic carbocycles. The molecular formula is C28H27N5. The molecular weight excluding hydrogens is 406 g/mol. The van der Waals surface area contributed by atoms with Gasteiger partial charge in [0.15, 0.2) is 0 Å². The Morgan fingerprint density at radius 2 is 1.61 bits per heavy atom. The van der Waals surface area contributed by atoms with Gasteiger partial charge in [-0.3, -0.25) is 5.32 Å². The number of hydrogen-bond donors (Lipinski definition) is 3. The predicted molar refractivity (Wildman–Crippen MR) is 135 cm³/mol. The molecule has 0 spiro atoms. The van der Waals surface area contributed by atoms with E-state index in [-0.39, 0.29) is 12.1 Å². The third-order valence-electron chi connectivity index (χ3n) is 6.66. The van der Waals surface area contributed by atoms with E-state index >= 15 is 0 Å². The first kappa shape index (κ1) is 19.8. The van der Waals surface area contributed by atoms with Crippen molar-refractivity contribution in [3.63, 3.8) is 0 Å². The lowest BCUT2D eigenvalue weighted by Crippen LogP contribution is -2.34. The van der Waals surface area contributed by atoms with E-state index in [4.69, 9.17) is 4.98 Å². The van der Waals surface area contributed by atoms with E-state index in [9.17, 15) is 0 Å². The van der Waals surface area contributed by atoms with Crippen LogP contribution in [0.25, 0.3) is 22.2 Å². The lowest BCUT2D eigenvalue weighted by Gasteiger charge is -2.31. The summed E-state index contributed by atoms with van der Waals surface area (Å²) in [5, 5.41) is 5.17. The van der Waals surface area contributed by atoms with Crippen LogP contribution in [0.15, 0.2) is 85.1 Å². The van der Waals surface area contributed by atoms with Gasteiger partial charge in [0.2, 0.25) is 0 Å². The van der Waals surface area contributed by atoms with Crippen LogP contribution in [-0.4, -0.2) is 29.0 Å². The molecule has 164 valence electrons. The third kappa shape index (κ3) is 3.51. The Morgan fingerprint density at radius 1 is 0.848 bits per heavy atom. The predicted octanol–water partition coefficient (Wildman–Crippen LogP) is 5.60. The van der Waals surface area contributed by atoms with E-state index in [1.165, 1.54) is 33.4 Å². The number of aromatic amines is 2. The maximum atomic E-state index is 4.78. The van der Waals surface area contributed by atoms with E-state index in [0.29, 0.717) is 0 Å². The van der Waals surface area contributed by atoms with Crippen molar-refractivity contribution in [1.29, 1.82) is 0 Å². The van der Waals surface area contributed by atoms with Crippen molar-refractivity contribution < 1.29 is 0 Å². The van der Waals surface area contributed by atoms with E-state index in [1.807, 2.05) is 12.3 Å². The molecule has 0 bridgehead atoms. The smallest absolute Gasteiger partial charge is 0.124 e. The Hall–Kier alpha value is -3.83. The van der Waals surface area contributed by atoms with Gasteiger partial charge in [0.25, 0.3) is 0 Å². The Bertz CT molecular complexity index is 1400. The molecule has 6 rings (SSSR count). The monoisotopic (exact) mass is 433 g/mol. The lowest BCUT2D eigenvalue weighted by molar-refractivity contribution is 0.433. The molecule has 1 aliphatic heterocycles. The Balaban J connectivity index is 1.42. The number of para-hydroxylation sites is 1. The fraction of sp³-hybridized carbons (Fsp3) is 0.179. The second-order valence-electron chi connectivity index (χ2n) is 8.95. The fourth-order valence-corrected chi connectivity index (χ4v) is 4.92. The van der Waals surface area contributed by atoms with Crippen molar-refractivity contribution in [2.75, 3.05) is 19.0 Å². The molecule has 0 saturated heterocycles. The molecule has 0 aliphatic carbocycles. The Kier molecular flexibility index (Phi) is 4.77. The molecule has 2 aromatic heterocycles. The topological polar surface area (TPSA) is 59.7 Å². The molecule has 0 saturated carbocycles. The van der Waals surface area contributed by atoms with E-state index < -0.39 is 0 Å². The van der Waals surface area contributed by atoms with Crippen LogP contribution in [-0.2, 0) is 6.42 Å². The molecule has 5 aromatic rings. The fourth-order valence-electron chi connectivity index (χ4n) is 4.92. The molecule has 0 radical (unpaired) electrons. The minimum atomic E-state index is 0.0626. The summed E-state index contributed by atoms with van der Waals surface area (Å²) in [6, 6.07) is 27.9. The number of anilines is 1. The van der Waals surface area contributed by atoms with Crippen molar-refractivity contribution in [1.82, 2.24) is 20.3 Å². The highest BCUT2D eigenvalue weighted by molar-refractivity contribution is 5.85.